The van der Waals surface area contributed by atoms with Crippen LogP contribution < -0.4 is 11.1 Å². The first-order valence-corrected chi connectivity index (χ1v) is 7.23. The Balaban J connectivity index is 2.10. The minimum absolute atomic E-state index is 0.242. The topological polar surface area (TPSA) is 72.9 Å². The van der Waals surface area contributed by atoms with Gasteiger partial charge in [-0.25, -0.2) is 4.98 Å². The molecule has 0 bridgehead atoms. The Morgan fingerprint density at radius 1 is 1.72 bits per heavy atom. The van der Waals surface area contributed by atoms with Crippen molar-refractivity contribution in [1.82, 2.24) is 14.9 Å². The van der Waals surface area contributed by atoms with Gasteiger partial charge in [-0.2, -0.15) is 0 Å². The second kappa shape index (κ2) is 5.32. The van der Waals surface area contributed by atoms with Crippen LogP contribution in [0.5, 0.6) is 0 Å². The van der Waals surface area contributed by atoms with Gasteiger partial charge in [-0.1, -0.05) is 18.7 Å². The normalized spacial score (nSPS) is 18.6. The highest BCUT2D eigenvalue weighted by molar-refractivity contribution is 7.99. The Kier molecular flexibility index (Phi) is 3.97. The maximum atomic E-state index is 11.9. The van der Waals surface area contributed by atoms with E-state index in [1.807, 2.05) is 24.7 Å². The van der Waals surface area contributed by atoms with Crippen molar-refractivity contribution in [3.8, 4) is 0 Å². The molecule has 1 aliphatic carbocycles. The fraction of sp³-hybridized carbons (Fsp3) is 0.667. The Bertz CT molecular complexity index is 429. The Labute approximate surface area is 112 Å². The van der Waals surface area contributed by atoms with Gasteiger partial charge in [0, 0.05) is 25.2 Å². The molecule has 0 aromatic carbocycles. The number of nitrogens with zero attached hydrogens (tertiary/aromatic N) is 2. The van der Waals surface area contributed by atoms with E-state index >= 15 is 0 Å². The number of likely N-dealkylation sites (N-methyl/N-ethyl adjacent to an activating group) is 1. The van der Waals surface area contributed by atoms with Gasteiger partial charge in [-0.3, -0.25) is 4.79 Å². The summed E-state index contributed by atoms with van der Waals surface area (Å²) in [7, 11) is 1.95. The van der Waals surface area contributed by atoms with Crippen molar-refractivity contribution >= 4 is 17.7 Å². The molecular weight excluding hydrogens is 248 g/mol. The number of thioether (sulfide) groups is 1. The summed E-state index contributed by atoms with van der Waals surface area (Å²) in [4.78, 5) is 16.1. The maximum absolute atomic E-state index is 11.9. The number of nitrogens with one attached hydrogen (secondary N) is 1. The van der Waals surface area contributed by atoms with Crippen LogP contribution in [-0.2, 0) is 11.8 Å². The molecule has 1 aromatic heterocycles. The van der Waals surface area contributed by atoms with Crippen LogP contribution in [0.4, 0.5) is 0 Å². The zero-order valence-corrected chi connectivity index (χ0v) is 11.7. The molecule has 0 spiro atoms. The third-order valence-corrected chi connectivity index (χ3v) is 4.66. The first kappa shape index (κ1) is 13.4. The fourth-order valence-electron chi connectivity index (χ4n) is 2.23. The molecule has 0 saturated heterocycles. The number of primary amides is 1. The van der Waals surface area contributed by atoms with Gasteiger partial charge in [0.1, 0.15) is 5.54 Å². The molecule has 0 aliphatic heterocycles. The summed E-state index contributed by atoms with van der Waals surface area (Å²) < 4.78 is 1.95. The Morgan fingerprint density at radius 2 is 2.44 bits per heavy atom. The molecule has 1 aromatic rings. The number of amides is 1. The van der Waals surface area contributed by atoms with Crippen molar-refractivity contribution < 1.29 is 4.79 Å². The van der Waals surface area contributed by atoms with Crippen LogP contribution in [0.25, 0.3) is 0 Å². The lowest BCUT2D eigenvalue weighted by molar-refractivity contribution is -0.124. The molecule has 1 fully saturated rings. The van der Waals surface area contributed by atoms with E-state index in [1.54, 1.807) is 18.0 Å². The summed E-state index contributed by atoms with van der Waals surface area (Å²) in [5, 5.41) is 4.22. The SMILES string of the molecule is CCNC(CSc1nccn1C)(C(N)=O)C1CC1. The van der Waals surface area contributed by atoms with Gasteiger partial charge in [-0.05, 0) is 25.3 Å². The van der Waals surface area contributed by atoms with E-state index in [0.717, 1.165) is 24.5 Å². The minimum Gasteiger partial charge on any atom is -0.368 e. The molecule has 0 radical (unpaired) electrons. The van der Waals surface area contributed by atoms with Crippen LogP contribution >= 0.6 is 11.8 Å². The quantitative estimate of drug-likeness (QED) is 0.716. The highest BCUT2D eigenvalue weighted by Gasteiger charge is 2.49. The van der Waals surface area contributed by atoms with Crippen molar-refractivity contribution in [3.63, 3.8) is 0 Å². The van der Waals surface area contributed by atoms with Crippen molar-refractivity contribution in [3.05, 3.63) is 12.4 Å². The van der Waals surface area contributed by atoms with Gasteiger partial charge in [-0.15, -0.1) is 0 Å². The summed E-state index contributed by atoms with van der Waals surface area (Å²) >= 11 is 1.59. The van der Waals surface area contributed by atoms with E-state index < -0.39 is 5.54 Å². The van der Waals surface area contributed by atoms with Crippen LogP contribution in [-0.4, -0.2) is 33.3 Å². The van der Waals surface area contributed by atoms with Crippen LogP contribution in [0.2, 0.25) is 0 Å². The number of carbonyl (C=O) groups excluding carboxylic acids is 1. The van der Waals surface area contributed by atoms with E-state index in [-0.39, 0.29) is 5.91 Å². The molecule has 1 unspecified atom stereocenters. The number of aryl methyl sites for hydroxylation is 1. The predicted octanol–water partition coefficient (Wildman–Crippen LogP) is 0.756. The third-order valence-electron chi connectivity index (χ3n) is 3.41. The standard InChI is InChI=1S/C12H20N4OS/c1-3-15-12(10(13)17,9-4-5-9)8-18-11-14-6-7-16(11)2/h6-7,9,15H,3-5,8H2,1-2H3,(H2,13,17). The average Bonchev–Trinajstić information content (AvgIpc) is 3.09. The van der Waals surface area contributed by atoms with E-state index in [2.05, 4.69) is 10.3 Å². The Morgan fingerprint density at radius 3 is 2.89 bits per heavy atom. The Hall–Kier alpha value is -1.01. The van der Waals surface area contributed by atoms with E-state index in [1.165, 1.54) is 0 Å². The molecule has 1 heterocycles. The molecule has 6 heteroatoms. The second-order valence-corrected chi connectivity index (χ2v) is 5.69. The van der Waals surface area contributed by atoms with Crippen molar-refractivity contribution in [2.75, 3.05) is 12.3 Å². The number of aromatic nitrogens is 2. The first-order valence-electron chi connectivity index (χ1n) is 6.25. The largest absolute Gasteiger partial charge is 0.368 e. The number of nitrogens with two attached hydrogens (primary N) is 1. The van der Waals surface area contributed by atoms with Crippen molar-refractivity contribution in [2.45, 2.75) is 30.5 Å². The number of rotatable bonds is 7. The lowest BCUT2D eigenvalue weighted by Gasteiger charge is -2.31. The van der Waals surface area contributed by atoms with Crippen molar-refractivity contribution in [1.29, 1.82) is 0 Å². The van der Waals surface area contributed by atoms with Gasteiger partial charge in [0.25, 0.3) is 0 Å². The summed E-state index contributed by atoms with van der Waals surface area (Å²) in [5.41, 5.74) is 5.06. The highest BCUT2D eigenvalue weighted by Crippen LogP contribution is 2.42. The van der Waals surface area contributed by atoms with E-state index in [0.29, 0.717) is 11.7 Å². The number of imidazole rings is 1. The molecule has 3 N–H and O–H groups in total. The second-order valence-electron chi connectivity index (χ2n) is 4.75. The molecule has 2 rings (SSSR count). The third kappa shape index (κ3) is 2.54. The van der Waals surface area contributed by atoms with Gasteiger partial charge in [0.2, 0.25) is 5.91 Å². The molecular formula is C12H20N4OS. The lowest BCUT2D eigenvalue weighted by atomic mass is 9.94. The van der Waals surface area contributed by atoms with Crippen LogP contribution in [0.1, 0.15) is 19.8 Å². The zero-order chi connectivity index (χ0) is 13.2. The molecule has 1 amide bonds. The summed E-state index contributed by atoms with van der Waals surface area (Å²) in [5.74, 6) is 0.780. The number of hydrogen-bond acceptors (Lipinski definition) is 4. The smallest absolute Gasteiger partial charge is 0.238 e. The van der Waals surface area contributed by atoms with Crippen LogP contribution in [0, 0.1) is 5.92 Å². The monoisotopic (exact) mass is 268 g/mol. The summed E-state index contributed by atoms with van der Waals surface area (Å²) in [6, 6.07) is 0. The van der Waals surface area contributed by atoms with Crippen LogP contribution in [0.3, 0.4) is 0 Å². The van der Waals surface area contributed by atoms with Gasteiger partial charge in [0.15, 0.2) is 5.16 Å². The molecule has 1 atom stereocenters. The maximum Gasteiger partial charge on any atom is 0.238 e. The predicted molar refractivity (Wildman–Crippen MR) is 72.3 cm³/mol. The highest BCUT2D eigenvalue weighted by atomic mass is 32.2. The van der Waals surface area contributed by atoms with Gasteiger partial charge >= 0.3 is 0 Å². The molecule has 18 heavy (non-hydrogen) atoms. The molecule has 100 valence electrons. The van der Waals surface area contributed by atoms with Gasteiger partial charge in [0.05, 0.1) is 0 Å². The first-order chi connectivity index (χ1) is 8.60. The number of hydrogen-bond donors (Lipinski definition) is 2. The summed E-state index contributed by atoms with van der Waals surface area (Å²) in [6.07, 6.45) is 5.82. The molecule has 5 nitrogen and oxygen atoms in total. The van der Waals surface area contributed by atoms with Crippen molar-refractivity contribution in [2.24, 2.45) is 18.7 Å². The molecule has 1 saturated carbocycles. The fourth-order valence-corrected chi connectivity index (χ4v) is 3.47. The zero-order valence-electron chi connectivity index (χ0n) is 10.8. The minimum atomic E-state index is -0.578. The van der Waals surface area contributed by atoms with Crippen LogP contribution in [0.15, 0.2) is 17.6 Å². The van der Waals surface area contributed by atoms with Gasteiger partial charge < -0.3 is 15.6 Å². The summed E-state index contributed by atoms with van der Waals surface area (Å²) in [6.45, 7) is 2.76. The van der Waals surface area contributed by atoms with E-state index in [4.69, 9.17) is 5.73 Å². The average molecular weight is 268 g/mol. The lowest BCUT2D eigenvalue weighted by Crippen LogP contribution is -2.59. The molecule has 1 aliphatic rings. The number of carbonyl (C=O) groups is 1. The van der Waals surface area contributed by atoms with E-state index in [9.17, 15) is 4.79 Å².